The van der Waals surface area contributed by atoms with Crippen LogP contribution in [0.25, 0.3) is 0 Å². The number of carbonyl (C=O) groups excluding carboxylic acids is 1. The molecule has 0 aliphatic heterocycles. The molecule has 0 unspecified atom stereocenters. The van der Waals surface area contributed by atoms with E-state index < -0.39 is 29.2 Å². The van der Waals surface area contributed by atoms with E-state index in [1.54, 1.807) is 0 Å². The van der Waals surface area contributed by atoms with Gasteiger partial charge in [0.1, 0.15) is 11.5 Å². The van der Waals surface area contributed by atoms with Gasteiger partial charge in [0.05, 0.1) is 0 Å². The summed E-state index contributed by atoms with van der Waals surface area (Å²) in [6, 6.07) is 0.213. The molecule has 0 aliphatic carbocycles. The molecule has 1 rings (SSSR count). The second-order valence-corrected chi connectivity index (χ2v) is 5.04. The van der Waals surface area contributed by atoms with E-state index in [1.165, 1.54) is 11.8 Å². The molecule has 3 N–H and O–H groups in total. The van der Waals surface area contributed by atoms with Crippen molar-refractivity contribution in [2.75, 3.05) is 30.0 Å². The lowest BCUT2D eigenvalue weighted by Gasteiger charge is -2.09. The quantitative estimate of drug-likeness (QED) is 0.678. The number of nitrogens with one attached hydrogen (secondary N) is 2. The number of hydrogen-bond acceptors (Lipinski definition) is 3. The van der Waals surface area contributed by atoms with Crippen molar-refractivity contribution in [3.8, 4) is 0 Å². The molecule has 8 heteroatoms. The van der Waals surface area contributed by atoms with Gasteiger partial charge in [0, 0.05) is 31.0 Å². The molecule has 0 radical (unpaired) electrons. The first-order valence-electron chi connectivity index (χ1n) is 5.92. The van der Waals surface area contributed by atoms with E-state index in [0.717, 1.165) is 5.75 Å². The Hall–Kier alpha value is -1.41. The van der Waals surface area contributed by atoms with Crippen LogP contribution in [0.2, 0.25) is 0 Å². The number of halogens is 3. The minimum Gasteiger partial charge on any atom is -0.396 e. The Bertz CT molecular complexity index is 437. The van der Waals surface area contributed by atoms with Crippen LogP contribution in [-0.2, 0) is 0 Å². The zero-order chi connectivity index (χ0) is 15.0. The molecule has 1 aromatic rings. The van der Waals surface area contributed by atoms with Crippen molar-refractivity contribution in [2.24, 2.45) is 0 Å². The summed E-state index contributed by atoms with van der Waals surface area (Å²) in [6.45, 7) is 0.427. The highest BCUT2D eigenvalue weighted by molar-refractivity contribution is 7.99. The maximum absolute atomic E-state index is 13.2. The molecule has 0 saturated carbocycles. The lowest BCUT2D eigenvalue weighted by Crippen LogP contribution is -2.31. The lowest BCUT2D eigenvalue weighted by atomic mass is 10.3. The Morgan fingerprint density at radius 3 is 2.45 bits per heavy atom. The molecular formula is C12H15F3N2O2S. The molecule has 0 aromatic heterocycles. The maximum Gasteiger partial charge on any atom is 0.319 e. The van der Waals surface area contributed by atoms with Crippen molar-refractivity contribution in [1.82, 2.24) is 5.32 Å². The van der Waals surface area contributed by atoms with E-state index in [0.29, 0.717) is 30.9 Å². The molecule has 2 amide bonds. The molecule has 4 nitrogen and oxygen atoms in total. The summed E-state index contributed by atoms with van der Waals surface area (Å²) in [5.74, 6) is -2.01. The topological polar surface area (TPSA) is 61.4 Å². The van der Waals surface area contributed by atoms with Crippen LogP contribution in [0.15, 0.2) is 12.1 Å². The van der Waals surface area contributed by atoms with E-state index in [4.69, 9.17) is 5.11 Å². The number of carbonyl (C=O) groups is 1. The molecule has 1 aromatic carbocycles. The molecule has 0 atom stereocenters. The van der Waals surface area contributed by atoms with Crippen molar-refractivity contribution in [2.45, 2.75) is 6.42 Å². The lowest BCUT2D eigenvalue weighted by molar-refractivity contribution is 0.252. The summed E-state index contributed by atoms with van der Waals surface area (Å²) in [4.78, 5) is 11.4. The third kappa shape index (κ3) is 5.70. The zero-order valence-electron chi connectivity index (χ0n) is 10.6. The fourth-order valence-corrected chi connectivity index (χ4v) is 2.11. The van der Waals surface area contributed by atoms with Crippen LogP contribution < -0.4 is 10.6 Å². The zero-order valence-corrected chi connectivity index (χ0v) is 11.4. The number of aliphatic hydroxyl groups excluding tert-OH is 1. The molecule has 0 fully saturated rings. The molecule has 0 saturated heterocycles. The summed E-state index contributed by atoms with van der Waals surface area (Å²) in [6.07, 6.45) is 0.670. The Kier molecular flexibility index (Phi) is 7.24. The highest BCUT2D eigenvalue weighted by atomic mass is 32.2. The summed E-state index contributed by atoms with van der Waals surface area (Å²) in [5.41, 5.74) is -0.683. The highest BCUT2D eigenvalue weighted by Crippen LogP contribution is 2.19. The Morgan fingerprint density at radius 2 is 1.85 bits per heavy atom. The van der Waals surface area contributed by atoms with Crippen LogP contribution in [-0.4, -0.2) is 35.8 Å². The first-order chi connectivity index (χ1) is 9.54. The fraction of sp³-hybridized carbons (Fsp3) is 0.417. The monoisotopic (exact) mass is 308 g/mol. The SMILES string of the molecule is O=C(NCCSCCCO)Nc1c(F)cc(F)cc1F. The predicted octanol–water partition coefficient (Wildman–Crippen LogP) is 2.34. The van der Waals surface area contributed by atoms with Gasteiger partial charge < -0.3 is 15.7 Å². The van der Waals surface area contributed by atoms with Crippen molar-refractivity contribution in [3.05, 3.63) is 29.6 Å². The Balaban J connectivity index is 2.36. The van der Waals surface area contributed by atoms with Gasteiger partial charge in [-0.25, -0.2) is 18.0 Å². The number of thioether (sulfide) groups is 1. The van der Waals surface area contributed by atoms with E-state index >= 15 is 0 Å². The van der Waals surface area contributed by atoms with Crippen molar-refractivity contribution >= 4 is 23.5 Å². The number of anilines is 1. The van der Waals surface area contributed by atoms with Crippen LogP contribution >= 0.6 is 11.8 Å². The average Bonchev–Trinajstić information content (AvgIpc) is 2.38. The first kappa shape index (κ1) is 16.6. The Morgan fingerprint density at radius 1 is 1.20 bits per heavy atom. The second kappa shape index (κ2) is 8.70. The van der Waals surface area contributed by atoms with Crippen LogP contribution in [0.1, 0.15) is 6.42 Å². The van der Waals surface area contributed by atoms with Crippen LogP contribution in [0.3, 0.4) is 0 Å². The number of aliphatic hydroxyl groups is 1. The molecule has 0 aliphatic rings. The summed E-state index contributed by atoms with van der Waals surface area (Å²) in [7, 11) is 0. The first-order valence-corrected chi connectivity index (χ1v) is 7.08. The highest BCUT2D eigenvalue weighted by Gasteiger charge is 2.13. The van der Waals surface area contributed by atoms with E-state index in [1.807, 2.05) is 5.32 Å². The molecular weight excluding hydrogens is 293 g/mol. The number of rotatable bonds is 7. The van der Waals surface area contributed by atoms with Gasteiger partial charge >= 0.3 is 6.03 Å². The van der Waals surface area contributed by atoms with Gasteiger partial charge in [-0.1, -0.05) is 0 Å². The van der Waals surface area contributed by atoms with Gasteiger partial charge in [-0.2, -0.15) is 11.8 Å². The van der Waals surface area contributed by atoms with Gasteiger partial charge in [-0.05, 0) is 12.2 Å². The number of urea groups is 1. The smallest absolute Gasteiger partial charge is 0.319 e. The minimum absolute atomic E-state index is 0.115. The largest absolute Gasteiger partial charge is 0.396 e. The molecule has 0 bridgehead atoms. The van der Waals surface area contributed by atoms with E-state index in [9.17, 15) is 18.0 Å². The Labute approximate surface area is 118 Å². The molecule has 112 valence electrons. The van der Waals surface area contributed by atoms with E-state index in [-0.39, 0.29) is 6.61 Å². The summed E-state index contributed by atoms with van der Waals surface area (Å²) < 4.78 is 39.2. The average molecular weight is 308 g/mol. The van der Waals surface area contributed by atoms with Gasteiger partial charge in [0.2, 0.25) is 0 Å². The van der Waals surface area contributed by atoms with Crippen molar-refractivity contribution in [1.29, 1.82) is 0 Å². The normalized spacial score (nSPS) is 10.4. The predicted molar refractivity (Wildman–Crippen MR) is 72.4 cm³/mol. The maximum atomic E-state index is 13.2. The summed E-state index contributed by atoms with van der Waals surface area (Å²) in [5, 5.41) is 13.0. The van der Waals surface area contributed by atoms with Gasteiger partial charge in [-0.15, -0.1) is 0 Å². The second-order valence-electron chi connectivity index (χ2n) is 3.81. The van der Waals surface area contributed by atoms with Crippen LogP contribution in [0, 0.1) is 17.5 Å². The van der Waals surface area contributed by atoms with Crippen molar-refractivity contribution in [3.63, 3.8) is 0 Å². The third-order valence-corrected chi connectivity index (χ3v) is 3.29. The fourth-order valence-electron chi connectivity index (χ4n) is 1.32. The molecule has 20 heavy (non-hydrogen) atoms. The minimum atomic E-state index is -1.17. The standard InChI is InChI=1S/C12H15F3N2O2S/c13-8-6-9(14)11(10(15)7-8)17-12(19)16-2-5-20-4-1-3-18/h6-7,18H,1-5H2,(H2,16,17,19). The number of hydrogen-bond donors (Lipinski definition) is 3. The van der Waals surface area contributed by atoms with Gasteiger partial charge in [-0.3, -0.25) is 0 Å². The van der Waals surface area contributed by atoms with Crippen molar-refractivity contribution < 1.29 is 23.1 Å². The van der Waals surface area contributed by atoms with Gasteiger partial charge in [0.25, 0.3) is 0 Å². The van der Waals surface area contributed by atoms with E-state index in [2.05, 4.69) is 5.32 Å². The summed E-state index contributed by atoms with van der Waals surface area (Å²) >= 11 is 1.53. The van der Waals surface area contributed by atoms with Gasteiger partial charge in [0.15, 0.2) is 11.6 Å². The third-order valence-electron chi connectivity index (χ3n) is 2.22. The molecule has 0 spiro atoms. The number of amides is 2. The van der Waals surface area contributed by atoms with Crippen LogP contribution in [0.4, 0.5) is 23.7 Å². The number of benzene rings is 1. The van der Waals surface area contributed by atoms with Crippen LogP contribution in [0.5, 0.6) is 0 Å². The molecule has 0 heterocycles.